The van der Waals surface area contributed by atoms with Crippen molar-refractivity contribution in [2.75, 3.05) is 18.9 Å². The van der Waals surface area contributed by atoms with Crippen molar-refractivity contribution in [3.63, 3.8) is 0 Å². The molecule has 1 saturated heterocycles. The van der Waals surface area contributed by atoms with Crippen LogP contribution >= 0.6 is 15.8 Å². The van der Waals surface area contributed by atoms with E-state index in [9.17, 15) is 24.8 Å². The zero-order chi connectivity index (χ0) is 39.5. The molecular formula is C40H62FN5O7P2. The third-order valence-electron chi connectivity index (χ3n) is 10.2. The zero-order valence-corrected chi connectivity index (χ0v) is 34.3. The molecule has 0 radical (unpaired) electrons. The van der Waals surface area contributed by atoms with Crippen LogP contribution in [0.4, 0.5) is 10.2 Å². The van der Waals surface area contributed by atoms with E-state index in [1.165, 1.54) is 113 Å². The van der Waals surface area contributed by atoms with Crippen LogP contribution in [0.5, 0.6) is 0 Å². The molecular weight excluding hydrogens is 743 g/mol. The quantitative estimate of drug-likeness (QED) is 0.0407. The second kappa shape index (κ2) is 24.3. The highest BCUT2D eigenvalue weighted by Crippen LogP contribution is 2.50. The summed E-state index contributed by atoms with van der Waals surface area (Å²) in [6, 6.07) is 9.43. The fourth-order valence-corrected chi connectivity index (χ4v) is 8.28. The number of aromatic nitrogens is 3. The lowest BCUT2D eigenvalue weighted by molar-refractivity contribution is -0.0280. The molecule has 3 aromatic rings. The van der Waals surface area contributed by atoms with Crippen molar-refractivity contribution in [3.8, 4) is 6.07 Å². The van der Waals surface area contributed by atoms with Crippen molar-refractivity contribution in [2.24, 2.45) is 0 Å². The first-order chi connectivity index (χ1) is 26.6. The first kappa shape index (κ1) is 45.2. The van der Waals surface area contributed by atoms with Crippen molar-refractivity contribution in [3.05, 3.63) is 59.3 Å². The predicted molar refractivity (Wildman–Crippen MR) is 215 cm³/mol. The number of anilines is 1. The number of fused-ring (bicyclic) bond motifs is 1. The number of nitrogen functional groups attached to an aromatic ring is 1. The van der Waals surface area contributed by atoms with Crippen LogP contribution in [0, 0.1) is 17.1 Å². The number of aliphatic hydroxyl groups is 2. The van der Waals surface area contributed by atoms with Gasteiger partial charge < -0.3 is 39.4 Å². The monoisotopic (exact) mass is 805 g/mol. The highest BCUT2D eigenvalue weighted by atomic mass is 31.8. The third kappa shape index (κ3) is 15.4. The molecule has 12 nitrogen and oxygen atoms in total. The molecule has 1 aliphatic heterocycles. The first-order valence-corrected chi connectivity index (χ1v) is 23.1. The Kier molecular flexibility index (Phi) is 20.0. The molecule has 15 heteroatoms. The van der Waals surface area contributed by atoms with Crippen molar-refractivity contribution in [2.45, 2.75) is 160 Å². The van der Waals surface area contributed by atoms with Gasteiger partial charge in [-0.15, -0.1) is 0 Å². The van der Waals surface area contributed by atoms with E-state index < -0.39 is 43.6 Å². The minimum absolute atomic E-state index is 0.0241. The Hall–Kier alpha value is -2.49. The summed E-state index contributed by atoms with van der Waals surface area (Å²) in [6.07, 6.45) is 18.6. The number of nitrogens with two attached hydrogens (primary N) is 1. The van der Waals surface area contributed by atoms with E-state index in [1.807, 2.05) is 6.07 Å². The summed E-state index contributed by atoms with van der Waals surface area (Å²) in [5.74, 6) is -0.255. The van der Waals surface area contributed by atoms with Gasteiger partial charge in [0.15, 0.2) is 5.82 Å². The number of nitrogens with zero attached hydrogens (tertiary/aromatic N) is 4. The number of rotatable bonds is 28. The van der Waals surface area contributed by atoms with Crippen molar-refractivity contribution >= 4 is 27.1 Å². The molecule has 0 bridgehead atoms. The number of hydrogen-bond acceptors (Lipinski definition) is 10. The van der Waals surface area contributed by atoms with Gasteiger partial charge in [-0.2, -0.15) is 10.4 Å². The largest absolute Gasteiger partial charge is 0.387 e. The SMILES string of the molecule is CCCCCCCCCCCCCCCCCCC[C@H](COP(O)(=P)OC[C@H]1O[C@@H](c2ccc3c(N)ncnn23)[C@H](O)[C@@H]1O)OCc1cc(F)cc(C#N)c1. The Morgan fingerprint density at radius 1 is 0.927 bits per heavy atom. The second-order valence-corrected chi connectivity index (χ2v) is 18.0. The average molecular weight is 806 g/mol. The van der Waals surface area contributed by atoms with Crippen LogP contribution in [-0.4, -0.2) is 67.3 Å². The van der Waals surface area contributed by atoms with Gasteiger partial charge in [0.05, 0.1) is 43.3 Å². The Bertz CT molecular complexity index is 1660. The number of ether oxygens (including phenoxy) is 2. The molecule has 55 heavy (non-hydrogen) atoms. The molecule has 5 N–H and O–H groups in total. The molecule has 306 valence electrons. The fourth-order valence-electron chi connectivity index (χ4n) is 7.04. The molecule has 0 saturated carbocycles. The van der Waals surface area contributed by atoms with E-state index in [2.05, 4.69) is 25.5 Å². The normalized spacial score (nSPS) is 20.1. The number of aliphatic hydroxyl groups excluding tert-OH is 2. The van der Waals surface area contributed by atoms with E-state index in [1.54, 1.807) is 18.2 Å². The van der Waals surface area contributed by atoms with Crippen LogP contribution in [0.15, 0.2) is 36.7 Å². The summed E-state index contributed by atoms with van der Waals surface area (Å²) in [5, 5.41) is 35.0. The number of unbranched alkanes of at least 4 members (excludes halogenated alkanes) is 16. The zero-order valence-electron chi connectivity index (χ0n) is 32.4. The van der Waals surface area contributed by atoms with E-state index in [0.29, 0.717) is 23.2 Å². The smallest absolute Gasteiger partial charge is 0.274 e. The van der Waals surface area contributed by atoms with Crippen LogP contribution in [0.25, 0.3) is 5.52 Å². The molecule has 1 aliphatic rings. The van der Waals surface area contributed by atoms with Crippen molar-refractivity contribution in [1.82, 2.24) is 14.6 Å². The molecule has 0 amide bonds. The van der Waals surface area contributed by atoms with Gasteiger partial charge in [0.25, 0.3) is 7.23 Å². The van der Waals surface area contributed by atoms with Crippen molar-refractivity contribution < 1.29 is 38.0 Å². The number of benzene rings is 1. The molecule has 1 unspecified atom stereocenters. The fraction of sp³-hybridized carbons (Fsp3) is 0.675. The third-order valence-corrected chi connectivity index (χ3v) is 12.0. The predicted octanol–water partition coefficient (Wildman–Crippen LogP) is 8.96. The van der Waals surface area contributed by atoms with Gasteiger partial charge in [-0.3, -0.25) is 0 Å². The summed E-state index contributed by atoms with van der Waals surface area (Å²) in [7, 11) is -0.371. The average Bonchev–Trinajstić information content (AvgIpc) is 3.73. The Morgan fingerprint density at radius 3 is 2.16 bits per heavy atom. The first-order valence-electron chi connectivity index (χ1n) is 20.2. The lowest BCUT2D eigenvalue weighted by Crippen LogP contribution is -2.33. The Labute approximate surface area is 328 Å². The van der Waals surface area contributed by atoms with Crippen LogP contribution in [0.1, 0.15) is 145 Å². The lowest BCUT2D eigenvalue weighted by Gasteiger charge is -2.24. The maximum atomic E-state index is 14.1. The minimum atomic E-state index is -3.61. The summed E-state index contributed by atoms with van der Waals surface area (Å²) in [4.78, 5) is 15.0. The van der Waals surface area contributed by atoms with Gasteiger partial charge in [-0.05, 0) is 50.8 Å². The molecule has 6 atom stereocenters. The van der Waals surface area contributed by atoms with Gasteiger partial charge >= 0.3 is 0 Å². The number of hydrogen-bond donors (Lipinski definition) is 4. The second-order valence-electron chi connectivity index (χ2n) is 14.7. The van der Waals surface area contributed by atoms with Crippen LogP contribution in [-0.2, 0) is 25.1 Å². The molecule has 1 aromatic carbocycles. The maximum absolute atomic E-state index is 14.1. The van der Waals surface area contributed by atoms with E-state index >= 15 is 0 Å². The van der Waals surface area contributed by atoms with E-state index in [4.69, 9.17) is 24.3 Å². The standard InChI is InChI=1S/C40H62FN5O7P2/c1-2-3-4-5-6-7-8-9-10-11-12-13-14-15-16-17-18-19-33(50-26-31-22-30(25-42)23-32(41)24-31)27-51-55(49,54)52-28-36-37(47)38(48)39(53-36)34-20-21-35-40(43)44-29-45-46(34)35/h20-24,29,33,36-39,47-49,54H,2-19,26-28H2,1H3,(H2,43,44,45)/t33-,36-,37-,38-,39+,55?/m1/s1. The number of halogens is 1. The molecule has 0 spiro atoms. The van der Waals surface area contributed by atoms with Gasteiger partial charge in [0.2, 0.25) is 0 Å². The Morgan fingerprint density at radius 2 is 1.55 bits per heavy atom. The van der Waals surface area contributed by atoms with Gasteiger partial charge in [-0.25, -0.2) is 13.9 Å². The molecule has 2 aromatic heterocycles. The molecule has 4 rings (SSSR count). The molecule has 0 aliphatic carbocycles. The lowest BCUT2D eigenvalue weighted by atomic mass is 10.0. The van der Waals surface area contributed by atoms with Gasteiger partial charge in [0, 0.05) is 0 Å². The number of nitriles is 1. The van der Waals surface area contributed by atoms with Crippen LogP contribution in [0.3, 0.4) is 0 Å². The Balaban J connectivity index is 1.18. The summed E-state index contributed by atoms with van der Waals surface area (Å²) >= 11 is 0. The molecule has 3 heterocycles. The highest BCUT2D eigenvalue weighted by molar-refractivity contribution is 7.88. The topological polar surface area (TPSA) is 178 Å². The molecule has 1 fully saturated rings. The minimum Gasteiger partial charge on any atom is -0.387 e. The van der Waals surface area contributed by atoms with Crippen LogP contribution in [0.2, 0.25) is 0 Å². The summed E-state index contributed by atoms with van der Waals surface area (Å²) in [6.45, 7) is 2.01. The van der Waals surface area contributed by atoms with Crippen molar-refractivity contribution in [1.29, 1.82) is 5.26 Å². The summed E-state index contributed by atoms with van der Waals surface area (Å²) < 4.78 is 39.1. The van der Waals surface area contributed by atoms with E-state index in [-0.39, 0.29) is 31.2 Å². The van der Waals surface area contributed by atoms with Gasteiger partial charge in [-0.1, -0.05) is 116 Å². The van der Waals surface area contributed by atoms with Crippen LogP contribution < -0.4 is 5.73 Å². The summed E-state index contributed by atoms with van der Waals surface area (Å²) in [5.41, 5.74) is 7.67. The maximum Gasteiger partial charge on any atom is 0.274 e. The highest BCUT2D eigenvalue weighted by Gasteiger charge is 2.45. The van der Waals surface area contributed by atoms with Gasteiger partial charge in [0.1, 0.15) is 42.1 Å². The van der Waals surface area contributed by atoms with E-state index in [0.717, 1.165) is 19.3 Å².